The van der Waals surface area contributed by atoms with Gasteiger partial charge in [-0.2, -0.15) is 10.1 Å². The largest absolute Gasteiger partial charge is 0.351 e. The Morgan fingerprint density at radius 2 is 1.97 bits per heavy atom. The lowest BCUT2D eigenvalue weighted by molar-refractivity contribution is -0.136. The molecule has 2 aliphatic rings. The van der Waals surface area contributed by atoms with Gasteiger partial charge in [0.05, 0.1) is 16.8 Å². The molecule has 5 rings (SSSR count). The van der Waals surface area contributed by atoms with Gasteiger partial charge in [-0.3, -0.25) is 9.89 Å². The number of fused-ring (bicyclic) bond motifs is 3. The van der Waals surface area contributed by atoms with Crippen molar-refractivity contribution >= 4 is 45.0 Å². The van der Waals surface area contributed by atoms with Crippen LogP contribution in [0.4, 0.5) is 17.6 Å². The molecule has 5 heterocycles. The summed E-state index contributed by atoms with van der Waals surface area (Å²) < 4.78 is 1.03. The van der Waals surface area contributed by atoms with Gasteiger partial charge in [0, 0.05) is 34.8 Å². The van der Waals surface area contributed by atoms with Crippen molar-refractivity contribution in [3.8, 4) is 0 Å². The fourth-order valence-electron chi connectivity index (χ4n) is 5.04. The van der Waals surface area contributed by atoms with Gasteiger partial charge in [-0.25, -0.2) is 4.98 Å². The molecule has 1 amide bonds. The Bertz CT molecular complexity index is 1120. The Hall–Kier alpha value is -2.72. The molecule has 3 aromatic heterocycles. The number of thiophene rings is 1. The van der Waals surface area contributed by atoms with Crippen LogP contribution in [0.5, 0.6) is 0 Å². The van der Waals surface area contributed by atoms with E-state index in [9.17, 15) is 4.79 Å². The third-order valence-electron chi connectivity index (χ3n) is 6.25. The van der Waals surface area contributed by atoms with Crippen LogP contribution in [0.2, 0.25) is 0 Å². The maximum Gasteiger partial charge on any atom is 0.237 e. The van der Waals surface area contributed by atoms with Crippen molar-refractivity contribution in [2.75, 3.05) is 31.3 Å². The smallest absolute Gasteiger partial charge is 0.237 e. The van der Waals surface area contributed by atoms with Gasteiger partial charge in [0.25, 0.3) is 0 Å². The number of H-pyrrole nitrogens is 1. The predicted molar refractivity (Wildman–Crippen MR) is 128 cm³/mol. The molecule has 0 aromatic carbocycles. The Labute approximate surface area is 191 Å². The van der Waals surface area contributed by atoms with Crippen LogP contribution in [-0.4, -0.2) is 74.6 Å². The van der Waals surface area contributed by atoms with Gasteiger partial charge in [0.15, 0.2) is 11.6 Å². The SMILES string of the molecule is Cc1cc(Nc2nc(NC3C[C@H]4CC[C@@H](C3)N4C(=O)CN(C)C)nc3cc(C)sc23)n[nH]1. The van der Waals surface area contributed by atoms with Crippen molar-refractivity contribution in [2.45, 2.75) is 57.7 Å². The van der Waals surface area contributed by atoms with Gasteiger partial charge < -0.3 is 20.4 Å². The summed E-state index contributed by atoms with van der Waals surface area (Å²) in [7, 11) is 3.90. The molecule has 32 heavy (non-hydrogen) atoms. The molecule has 0 aliphatic carbocycles. The van der Waals surface area contributed by atoms with Crippen LogP contribution in [0.1, 0.15) is 36.3 Å². The number of aryl methyl sites for hydroxylation is 2. The number of aromatic amines is 1. The van der Waals surface area contributed by atoms with Gasteiger partial charge >= 0.3 is 0 Å². The topological polar surface area (TPSA) is 102 Å². The molecule has 2 saturated heterocycles. The summed E-state index contributed by atoms with van der Waals surface area (Å²) in [5, 5.41) is 14.2. The summed E-state index contributed by atoms with van der Waals surface area (Å²) in [6.07, 6.45) is 4.02. The molecule has 2 bridgehead atoms. The van der Waals surface area contributed by atoms with E-state index in [0.717, 1.165) is 53.2 Å². The molecule has 1 unspecified atom stereocenters. The minimum absolute atomic E-state index is 0.244. The predicted octanol–water partition coefficient (Wildman–Crippen LogP) is 3.27. The van der Waals surface area contributed by atoms with E-state index >= 15 is 0 Å². The van der Waals surface area contributed by atoms with E-state index < -0.39 is 0 Å². The summed E-state index contributed by atoms with van der Waals surface area (Å²) in [4.78, 5) is 27.6. The van der Waals surface area contributed by atoms with Crippen LogP contribution < -0.4 is 10.6 Å². The molecular formula is C22H30N8OS. The van der Waals surface area contributed by atoms with E-state index in [1.54, 1.807) is 11.3 Å². The van der Waals surface area contributed by atoms with E-state index in [1.165, 1.54) is 4.88 Å². The minimum Gasteiger partial charge on any atom is -0.351 e. The number of likely N-dealkylation sites (N-methyl/N-ethyl adjacent to an activating group) is 1. The first-order chi connectivity index (χ1) is 15.4. The molecule has 10 heteroatoms. The number of nitrogens with zero attached hydrogens (tertiary/aromatic N) is 5. The van der Waals surface area contributed by atoms with E-state index in [0.29, 0.717) is 24.6 Å². The summed E-state index contributed by atoms with van der Waals surface area (Å²) in [6, 6.07) is 4.92. The zero-order chi connectivity index (χ0) is 22.4. The summed E-state index contributed by atoms with van der Waals surface area (Å²) >= 11 is 1.68. The van der Waals surface area contributed by atoms with Crippen LogP contribution in [0.3, 0.4) is 0 Å². The lowest BCUT2D eigenvalue weighted by atomic mass is 9.97. The van der Waals surface area contributed by atoms with Gasteiger partial charge in [0.2, 0.25) is 11.9 Å². The van der Waals surface area contributed by atoms with Crippen LogP contribution in [0.15, 0.2) is 12.1 Å². The Morgan fingerprint density at radius 1 is 1.22 bits per heavy atom. The first kappa shape index (κ1) is 21.1. The molecule has 2 aliphatic heterocycles. The fraction of sp³-hybridized carbons (Fsp3) is 0.545. The van der Waals surface area contributed by atoms with Gasteiger partial charge in [0.1, 0.15) is 0 Å². The van der Waals surface area contributed by atoms with Crippen molar-refractivity contribution in [1.29, 1.82) is 0 Å². The number of carbonyl (C=O) groups is 1. The minimum atomic E-state index is 0.244. The van der Waals surface area contributed by atoms with Crippen LogP contribution in [0.25, 0.3) is 10.2 Å². The molecule has 0 saturated carbocycles. The quantitative estimate of drug-likeness (QED) is 0.525. The normalized spacial score (nSPS) is 22.7. The molecule has 3 aromatic rings. The second-order valence-corrected chi connectivity index (χ2v) is 10.5. The monoisotopic (exact) mass is 454 g/mol. The first-order valence-electron chi connectivity index (χ1n) is 11.2. The Balaban J connectivity index is 1.35. The Morgan fingerprint density at radius 3 is 2.62 bits per heavy atom. The summed E-state index contributed by atoms with van der Waals surface area (Å²) in [5.41, 5.74) is 1.92. The number of piperidine rings is 1. The zero-order valence-corrected chi connectivity index (χ0v) is 19.8. The highest BCUT2D eigenvalue weighted by molar-refractivity contribution is 7.19. The second kappa shape index (κ2) is 8.32. The summed E-state index contributed by atoms with van der Waals surface area (Å²) in [5.74, 6) is 2.38. The number of amides is 1. The van der Waals surface area contributed by atoms with Crippen LogP contribution in [-0.2, 0) is 4.79 Å². The number of carbonyl (C=O) groups excluding carboxylic acids is 1. The van der Waals surface area contributed by atoms with Gasteiger partial charge in [-0.05, 0) is 59.7 Å². The number of hydrogen-bond donors (Lipinski definition) is 3. The van der Waals surface area contributed by atoms with E-state index in [-0.39, 0.29) is 11.9 Å². The second-order valence-electron chi connectivity index (χ2n) is 9.26. The number of anilines is 3. The van der Waals surface area contributed by atoms with E-state index in [4.69, 9.17) is 9.97 Å². The average molecular weight is 455 g/mol. The lowest BCUT2D eigenvalue weighted by Gasteiger charge is -2.39. The van der Waals surface area contributed by atoms with Crippen LogP contribution >= 0.6 is 11.3 Å². The standard InChI is InChI=1S/C22H30N8OS/c1-12-7-18(28-27-12)25-21-20-17(8-13(2)32-20)24-22(26-21)23-14-9-15-5-6-16(10-14)30(15)19(31)11-29(3)4/h7-8,14-16H,5-6,9-11H2,1-4H3,(H3,23,24,25,26,27,28)/t14?,15-,16+. The molecule has 3 N–H and O–H groups in total. The maximum atomic E-state index is 12.7. The highest BCUT2D eigenvalue weighted by Gasteiger charge is 2.43. The van der Waals surface area contributed by atoms with Gasteiger partial charge in [-0.1, -0.05) is 0 Å². The molecule has 0 spiro atoms. The third-order valence-corrected chi connectivity index (χ3v) is 7.30. The number of nitrogens with one attached hydrogen (secondary N) is 3. The van der Waals surface area contributed by atoms with Crippen molar-refractivity contribution in [3.05, 3.63) is 22.7 Å². The average Bonchev–Trinajstić information content (AvgIpc) is 3.37. The van der Waals surface area contributed by atoms with Crippen molar-refractivity contribution in [1.82, 2.24) is 30.0 Å². The highest BCUT2D eigenvalue weighted by atomic mass is 32.1. The molecule has 170 valence electrons. The lowest BCUT2D eigenvalue weighted by Crippen LogP contribution is -2.52. The van der Waals surface area contributed by atoms with Gasteiger partial charge in [-0.15, -0.1) is 11.3 Å². The van der Waals surface area contributed by atoms with Crippen molar-refractivity contribution in [2.24, 2.45) is 0 Å². The molecule has 2 fully saturated rings. The number of aromatic nitrogens is 4. The molecule has 9 nitrogen and oxygen atoms in total. The zero-order valence-electron chi connectivity index (χ0n) is 19.0. The third kappa shape index (κ3) is 4.16. The number of rotatable bonds is 6. The molecule has 3 atom stereocenters. The van der Waals surface area contributed by atoms with Crippen molar-refractivity contribution < 1.29 is 4.79 Å². The summed E-state index contributed by atoms with van der Waals surface area (Å²) in [6.45, 7) is 4.53. The van der Waals surface area contributed by atoms with Crippen molar-refractivity contribution in [3.63, 3.8) is 0 Å². The first-order valence-corrected chi connectivity index (χ1v) is 12.0. The van der Waals surface area contributed by atoms with E-state index in [1.807, 2.05) is 32.0 Å². The molecule has 0 radical (unpaired) electrons. The Kier molecular flexibility index (Phi) is 5.50. The molecular weight excluding hydrogens is 424 g/mol. The fourth-order valence-corrected chi connectivity index (χ4v) is 5.93. The number of hydrogen-bond acceptors (Lipinski definition) is 8. The highest BCUT2D eigenvalue weighted by Crippen LogP contribution is 2.37. The van der Waals surface area contributed by atoms with Crippen LogP contribution in [0, 0.1) is 13.8 Å². The van der Waals surface area contributed by atoms with E-state index in [2.05, 4.69) is 38.7 Å². The maximum absolute atomic E-state index is 12.7.